The highest BCUT2D eigenvalue weighted by molar-refractivity contribution is 6.30. The van der Waals surface area contributed by atoms with Gasteiger partial charge in [-0.2, -0.15) is 4.98 Å². The van der Waals surface area contributed by atoms with Gasteiger partial charge in [0, 0.05) is 17.1 Å². The molecule has 3 heterocycles. The van der Waals surface area contributed by atoms with E-state index in [0.29, 0.717) is 28.2 Å². The van der Waals surface area contributed by atoms with E-state index in [2.05, 4.69) is 31.9 Å². The fraction of sp³-hybridized carbons (Fsp3) is 0.345. The van der Waals surface area contributed by atoms with E-state index in [9.17, 15) is 9.90 Å². The second kappa shape index (κ2) is 11.2. The fourth-order valence-electron chi connectivity index (χ4n) is 5.44. The second-order valence-corrected chi connectivity index (χ2v) is 10.9. The number of aromatic nitrogens is 6. The predicted molar refractivity (Wildman–Crippen MR) is 153 cm³/mol. The van der Waals surface area contributed by atoms with Crippen molar-refractivity contribution in [3.63, 3.8) is 0 Å². The van der Waals surface area contributed by atoms with Crippen molar-refractivity contribution in [3.8, 4) is 22.9 Å². The van der Waals surface area contributed by atoms with Crippen LogP contribution < -0.4 is 11.1 Å². The lowest BCUT2D eigenvalue weighted by atomic mass is 9.83. The summed E-state index contributed by atoms with van der Waals surface area (Å²) in [7, 11) is 0. The molecule has 1 fully saturated rings. The zero-order valence-electron chi connectivity index (χ0n) is 22.0. The molecule has 1 aliphatic rings. The molecule has 3 N–H and O–H groups in total. The largest absolute Gasteiger partial charge is 0.439 e. The molecule has 10 nitrogen and oxygen atoms in total. The molecule has 0 amide bonds. The lowest BCUT2D eigenvalue weighted by Crippen LogP contribution is -2.22. The van der Waals surface area contributed by atoms with Crippen LogP contribution in [-0.2, 0) is 6.54 Å². The number of hydrogen-bond donors (Lipinski definition) is 3. The average molecular weight is 560 g/mol. The molecular formula is C29H30ClN7O3. The van der Waals surface area contributed by atoms with E-state index in [4.69, 9.17) is 26.1 Å². The first kappa shape index (κ1) is 26.2. The van der Waals surface area contributed by atoms with Crippen LogP contribution in [0.15, 0.2) is 63.9 Å². The van der Waals surface area contributed by atoms with Crippen molar-refractivity contribution in [1.82, 2.24) is 29.7 Å². The zero-order chi connectivity index (χ0) is 27.6. The van der Waals surface area contributed by atoms with Gasteiger partial charge in [0.15, 0.2) is 5.65 Å². The third kappa shape index (κ3) is 5.37. The standard InChI is InChI=1S/C29H30ClN7O3/c1-17-10-12-18(13-11-17)15-37-24-23(20-8-5-9-21(30)14-20)32-26(27-35-29(39)40-36-27)33-25(24)34-28(37)31-22(16-38)19-6-3-2-4-7-19/h2-9,14,17-18,22,38H,10-13,15-16H2,1H3,(H,35,36,39)(H,31,32,33,34)/t17-,18-,22-/m0/s1. The van der Waals surface area contributed by atoms with Gasteiger partial charge >= 0.3 is 5.76 Å². The summed E-state index contributed by atoms with van der Waals surface area (Å²) in [6, 6.07) is 16.8. The monoisotopic (exact) mass is 559 g/mol. The molecule has 11 heteroatoms. The maximum absolute atomic E-state index is 11.7. The van der Waals surface area contributed by atoms with Crippen LogP contribution in [0.2, 0.25) is 5.02 Å². The number of aliphatic hydroxyl groups is 1. The minimum Gasteiger partial charge on any atom is -0.394 e. The summed E-state index contributed by atoms with van der Waals surface area (Å²) in [6.45, 7) is 2.91. The predicted octanol–water partition coefficient (Wildman–Crippen LogP) is 5.46. The van der Waals surface area contributed by atoms with Crippen LogP contribution in [0, 0.1) is 11.8 Å². The number of nitrogens with zero attached hydrogens (tertiary/aromatic N) is 5. The van der Waals surface area contributed by atoms with Gasteiger partial charge in [-0.15, -0.1) is 0 Å². The van der Waals surface area contributed by atoms with Gasteiger partial charge in [-0.25, -0.2) is 14.8 Å². The molecule has 0 radical (unpaired) electrons. The molecule has 1 atom stereocenters. The first-order valence-electron chi connectivity index (χ1n) is 13.5. The van der Waals surface area contributed by atoms with Crippen LogP contribution in [0.3, 0.4) is 0 Å². The van der Waals surface area contributed by atoms with E-state index in [1.807, 2.05) is 48.5 Å². The van der Waals surface area contributed by atoms with Crippen LogP contribution >= 0.6 is 11.6 Å². The first-order chi connectivity index (χ1) is 19.5. The molecule has 0 saturated heterocycles. The van der Waals surface area contributed by atoms with Crippen molar-refractivity contribution in [2.24, 2.45) is 11.8 Å². The molecule has 6 rings (SSSR count). The summed E-state index contributed by atoms with van der Waals surface area (Å²) >= 11 is 6.39. The Morgan fingerprint density at radius 1 is 1.10 bits per heavy atom. The van der Waals surface area contributed by atoms with E-state index >= 15 is 0 Å². The maximum Gasteiger partial charge on any atom is 0.439 e. The summed E-state index contributed by atoms with van der Waals surface area (Å²) in [5, 5.41) is 18.2. The minimum absolute atomic E-state index is 0.109. The average Bonchev–Trinajstić information content (AvgIpc) is 3.56. The Morgan fingerprint density at radius 2 is 1.90 bits per heavy atom. The SMILES string of the molecule is C[C@H]1CC[C@H](Cn2c(N[C@@H](CO)c3ccccc3)nc3nc(-c4noc(=O)[nH]4)nc(-c4cccc(Cl)c4)c32)CC1. The van der Waals surface area contributed by atoms with Crippen LogP contribution in [0.5, 0.6) is 0 Å². The molecule has 40 heavy (non-hydrogen) atoms. The molecule has 5 aromatic rings. The molecule has 1 aliphatic carbocycles. The Kier molecular flexibility index (Phi) is 7.36. The van der Waals surface area contributed by atoms with Crippen molar-refractivity contribution < 1.29 is 9.63 Å². The summed E-state index contributed by atoms with van der Waals surface area (Å²) in [5.41, 5.74) is 3.50. The van der Waals surface area contributed by atoms with Gasteiger partial charge in [0.25, 0.3) is 0 Å². The summed E-state index contributed by atoms with van der Waals surface area (Å²) in [5.74, 6) is 1.35. The third-order valence-electron chi connectivity index (χ3n) is 7.62. The summed E-state index contributed by atoms with van der Waals surface area (Å²) in [6.07, 6.45) is 4.61. The molecule has 1 saturated carbocycles. The number of anilines is 1. The Balaban J connectivity index is 1.54. The number of benzene rings is 2. The normalized spacial score (nSPS) is 18.2. The highest BCUT2D eigenvalue weighted by atomic mass is 35.5. The Hall–Kier alpha value is -4.02. The van der Waals surface area contributed by atoms with Gasteiger partial charge in [-0.1, -0.05) is 79.0 Å². The maximum atomic E-state index is 11.7. The Bertz CT molecular complexity index is 1670. The van der Waals surface area contributed by atoms with Crippen LogP contribution in [0.25, 0.3) is 34.1 Å². The van der Waals surface area contributed by atoms with E-state index in [1.54, 1.807) is 6.07 Å². The molecule has 3 aromatic heterocycles. The van der Waals surface area contributed by atoms with Crippen LogP contribution in [0.1, 0.15) is 44.2 Å². The smallest absolute Gasteiger partial charge is 0.394 e. The van der Waals surface area contributed by atoms with Crippen molar-refractivity contribution in [2.75, 3.05) is 11.9 Å². The number of aliphatic hydroxyl groups excluding tert-OH is 1. The Morgan fingerprint density at radius 3 is 2.60 bits per heavy atom. The molecular weight excluding hydrogens is 530 g/mol. The van der Waals surface area contributed by atoms with Gasteiger partial charge in [-0.05, 0) is 42.4 Å². The fourth-order valence-corrected chi connectivity index (χ4v) is 5.63. The molecule has 0 unspecified atom stereocenters. The van der Waals surface area contributed by atoms with Gasteiger partial charge in [0.05, 0.1) is 12.6 Å². The molecule has 206 valence electrons. The highest BCUT2D eigenvalue weighted by Crippen LogP contribution is 2.36. The van der Waals surface area contributed by atoms with Gasteiger partial charge < -0.3 is 15.0 Å². The van der Waals surface area contributed by atoms with Crippen molar-refractivity contribution in [2.45, 2.75) is 45.2 Å². The topological polar surface area (TPSA) is 135 Å². The van der Waals surface area contributed by atoms with E-state index in [1.165, 1.54) is 12.8 Å². The van der Waals surface area contributed by atoms with Gasteiger partial charge in [-0.3, -0.25) is 9.51 Å². The van der Waals surface area contributed by atoms with Crippen molar-refractivity contribution in [3.05, 3.63) is 75.7 Å². The number of hydrogen-bond acceptors (Lipinski definition) is 8. The summed E-state index contributed by atoms with van der Waals surface area (Å²) in [4.78, 5) is 28.7. The van der Waals surface area contributed by atoms with Gasteiger partial charge in [0.1, 0.15) is 11.2 Å². The second-order valence-electron chi connectivity index (χ2n) is 10.5. The molecule has 2 aromatic carbocycles. The number of halogens is 1. The van der Waals surface area contributed by atoms with Crippen LogP contribution in [-0.4, -0.2) is 41.4 Å². The lowest BCUT2D eigenvalue weighted by Gasteiger charge is -2.28. The van der Waals surface area contributed by atoms with Crippen molar-refractivity contribution in [1.29, 1.82) is 0 Å². The lowest BCUT2D eigenvalue weighted by molar-refractivity contribution is 0.264. The van der Waals surface area contributed by atoms with E-state index in [0.717, 1.165) is 41.9 Å². The quantitative estimate of drug-likeness (QED) is 0.228. The van der Waals surface area contributed by atoms with Gasteiger partial charge in [0.2, 0.25) is 17.6 Å². The number of rotatable bonds is 8. The minimum atomic E-state index is -0.698. The third-order valence-corrected chi connectivity index (χ3v) is 7.85. The number of aromatic amines is 1. The zero-order valence-corrected chi connectivity index (χ0v) is 22.8. The van der Waals surface area contributed by atoms with Crippen molar-refractivity contribution >= 4 is 28.7 Å². The molecule has 0 bridgehead atoms. The number of H-pyrrole nitrogens is 1. The highest BCUT2D eigenvalue weighted by Gasteiger charge is 2.26. The van der Waals surface area contributed by atoms with Crippen LogP contribution in [0.4, 0.5) is 5.95 Å². The Labute approximate surface area is 235 Å². The van der Waals surface area contributed by atoms with E-state index in [-0.39, 0.29) is 24.3 Å². The molecule has 0 spiro atoms. The number of fused-ring (bicyclic) bond motifs is 1. The number of imidazole rings is 1. The first-order valence-corrected chi connectivity index (χ1v) is 13.9. The van der Waals surface area contributed by atoms with E-state index < -0.39 is 5.76 Å². The summed E-state index contributed by atoms with van der Waals surface area (Å²) < 4.78 is 6.85. The number of nitrogens with one attached hydrogen (secondary N) is 2. The molecule has 0 aliphatic heterocycles.